The molecule has 0 saturated heterocycles. The molecule has 20 heavy (non-hydrogen) atoms. The van der Waals surface area contributed by atoms with E-state index in [-0.39, 0.29) is 5.82 Å². The lowest BCUT2D eigenvalue weighted by molar-refractivity contribution is 0.484. The predicted octanol–water partition coefficient (Wildman–Crippen LogP) is 3.35. The smallest absolute Gasteiger partial charge is 0.191 e. The molecule has 0 fully saturated rings. The number of nitrogens with zero attached hydrogens (tertiary/aromatic N) is 3. The molecule has 0 radical (unpaired) electrons. The Bertz CT molecular complexity index is 681. The fourth-order valence-corrected chi connectivity index (χ4v) is 2.69. The van der Waals surface area contributed by atoms with Crippen molar-refractivity contribution < 1.29 is 8.81 Å². The van der Waals surface area contributed by atoms with Gasteiger partial charge >= 0.3 is 0 Å². The highest BCUT2D eigenvalue weighted by Crippen LogP contribution is 2.22. The van der Waals surface area contributed by atoms with Gasteiger partial charge in [0.05, 0.1) is 12.8 Å². The Labute approximate surface area is 119 Å². The van der Waals surface area contributed by atoms with E-state index in [4.69, 9.17) is 4.42 Å². The van der Waals surface area contributed by atoms with E-state index in [9.17, 15) is 4.39 Å². The van der Waals surface area contributed by atoms with E-state index in [1.165, 1.54) is 17.8 Å². The van der Waals surface area contributed by atoms with Crippen molar-refractivity contribution in [2.75, 3.05) is 0 Å². The fraction of sp³-hybridized carbons (Fsp3) is 0.143. The maximum atomic E-state index is 13.6. The first-order valence-electron chi connectivity index (χ1n) is 6.09. The minimum atomic E-state index is -0.197. The highest BCUT2D eigenvalue weighted by atomic mass is 32.2. The first kappa shape index (κ1) is 12.9. The highest BCUT2D eigenvalue weighted by molar-refractivity contribution is 7.98. The first-order chi connectivity index (χ1) is 9.83. The zero-order chi connectivity index (χ0) is 13.8. The normalized spacial score (nSPS) is 10.8. The lowest BCUT2D eigenvalue weighted by Crippen LogP contribution is -1.99. The maximum Gasteiger partial charge on any atom is 0.191 e. The highest BCUT2D eigenvalue weighted by Gasteiger charge is 2.09. The van der Waals surface area contributed by atoms with Gasteiger partial charge in [-0.1, -0.05) is 30.0 Å². The van der Waals surface area contributed by atoms with Gasteiger partial charge < -0.3 is 8.98 Å². The minimum absolute atomic E-state index is 0.197. The number of furan rings is 1. The third kappa shape index (κ3) is 2.91. The van der Waals surface area contributed by atoms with Crippen molar-refractivity contribution in [3.8, 4) is 0 Å². The van der Waals surface area contributed by atoms with Gasteiger partial charge in [0.2, 0.25) is 0 Å². The van der Waals surface area contributed by atoms with Gasteiger partial charge in [0.15, 0.2) is 5.16 Å². The second kappa shape index (κ2) is 5.92. The molecule has 2 heterocycles. The van der Waals surface area contributed by atoms with E-state index >= 15 is 0 Å². The van der Waals surface area contributed by atoms with E-state index in [0.717, 1.165) is 10.9 Å². The van der Waals surface area contributed by atoms with Crippen LogP contribution in [0.4, 0.5) is 4.39 Å². The molecular formula is C14H12FN3OS. The molecule has 0 bridgehead atoms. The average Bonchev–Trinajstić information content (AvgIpc) is 3.10. The van der Waals surface area contributed by atoms with E-state index in [1.807, 2.05) is 22.8 Å². The number of aromatic nitrogens is 3. The van der Waals surface area contributed by atoms with Crippen molar-refractivity contribution in [2.24, 2.45) is 0 Å². The lowest BCUT2D eigenvalue weighted by atomic mass is 10.2. The van der Waals surface area contributed by atoms with Crippen LogP contribution in [0.25, 0.3) is 0 Å². The van der Waals surface area contributed by atoms with Crippen LogP contribution in [0.5, 0.6) is 0 Å². The quantitative estimate of drug-likeness (QED) is 0.676. The topological polar surface area (TPSA) is 43.9 Å². The molecule has 6 heteroatoms. The molecule has 3 rings (SSSR count). The molecule has 0 amide bonds. The van der Waals surface area contributed by atoms with E-state index in [0.29, 0.717) is 17.9 Å². The van der Waals surface area contributed by atoms with Crippen LogP contribution < -0.4 is 0 Å². The molecule has 0 atom stereocenters. The molecule has 0 aliphatic heterocycles. The van der Waals surface area contributed by atoms with Crippen LogP contribution in [0.1, 0.15) is 11.3 Å². The standard InChI is InChI=1S/C14H12FN3OS/c15-13-6-2-1-4-11(13)9-20-14-17-16-10-18(14)8-12-5-3-7-19-12/h1-7,10H,8-9H2. The van der Waals surface area contributed by atoms with Crippen LogP contribution in [0.3, 0.4) is 0 Å². The summed E-state index contributed by atoms with van der Waals surface area (Å²) in [6.07, 6.45) is 3.28. The SMILES string of the molecule is Fc1ccccc1CSc1nncn1Cc1ccco1. The molecule has 0 N–H and O–H groups in total. The summed E-state index contributed by atoms with van der Waals surface area (Å²) in [6.45, 7) is 0.569. The minimum Gasteiger partial charge on any atom is -0.467 e. The fourth-order valence-electron chi connectivity index (χ4n) is 1.79. The Morgan fingerprint density at radius 1 is 1.20 bits per heavy atom. The van der Waals surface area contributed by atoms with Crippen molar-refractivity contribution in [2.45, 2.75) is 17.5 Å². The Hall–Kier alpha value is -2.08. The molecular weight excluding hydrogens is 277 g/mol. The van der Waals surface area contributed by atoms with Crippen molar-refractivity contribution in [1.29, 1.82) is 0 Å². The van der Waals surface area contributed by atoms with Crippen molar-refractivity contribution >= 4 is 11.8 Å². The molecule has 0 saturated carbocycles. The molecule has 0 aliphatic carbocycles. The molecule has 4 nitrogen and oxygen atoms in total. The molecule has 102 valence electrons. The van der Waals surface area contributed by atoms with Crippen LogP contribution in [0.2, 0.25) is 0 Å². The van der Waals surface area contributed by atoms with Crippen molar-refractivity contribution in [1.82, 2.24) is 14.8 Å². The Morgan fingerprint density at radius 3 is 2.90 bits per heavy atom. The summed E-state index contributed by atoms with van der Waals surface area (Å²) in [7, 11) is 0. The summed E-state index contributed by atoms with van der Waals surface area (Å²) in [5.41, 5.74) is 0.657. The van der Waals surface area contributed by atoms with Gasteiger partial charge in [0.25, 0.3) is 0 Å². The van der Waals surface area contributed by atoms with Gasteiger partial charge in [-0.05, 0) is 23.8 Å². The number of hydrogen-bond acceptors (Lipinski definition) is 4. The predicted molar refractivity (Wildman–Crippen MR) is 73.8 cm³/mol. The molecule has 2 aromatic heterocycles. The van der Waals surface area contributed by atoms with E-state index in [1.54, 1.807) is 24.7 Å². The van der Waals surface area contributed by atoms with Crippen LogP contribution in [-0.4, -0.2) is 14.8 Å². The van der Waals surface area contributed by atoms with Crippen LogP contribution in [-0.2, 0) is 12.3 Å². The largest absolute Gasteiger partial charge is 0.467 e. The number of thioether (sulfide) groups is 1. The summed E-state index contributed by atoms with van der Waals surface area (Å²) in [5.74, 6) is 1.15. The van der Waals surface area contributed by atoms with Crippen molar-refractivity contribution in [3.63, 3.8) is 0 Å². The molecule has 3 aromatic rings. The second-order valence-electron chi connectivity index (χ2n) is 4.20. The summed E-state index contributed by atoms with van der Waals surface area (Å²) < 4.78 is 20.7. The van der Waals surface area contributed by atoms with Gasteiger partial charge in [-0.25, -0.2) is 4.39 Å². The third-order valence-corrected chi connectivity index (χ3v) is 3.83. The van der Waals surface area contributed by atoms with Gasteiger partial charge in [0.1, 0.15) is 17.9 Å². The van der Waals surface area contributed by atoms with Gasteiger partial charge in [-0.15, -0.1) is 10.2 Å². The molecule has 0 unspecified atom stereocenters. The number of halogens is 1. The molecule has 0 aliphatic rings. The van der Waals surface area contributed by atoms with E-state index < -0.39 is 0 Å². The zero-order valence-corrected chi connectivity index (χ0v) is 11.4. The lowest BCUT2D eigenvalue weighted by Gasteiger charge is -2.05. The summed E-state index contributed by atoms with van der Waals surface area (Å²) in [5, 5.41) is 8.69. The number of rotatable bonds is 5. The zero-order valence-electron chi connectivity index (χ0n) is 10.6. The van der Waals surface area contributed by atoms with Crippen LogP contribution in [0, 0.1) is 5.82 Å². The molecule has 1 aromatic carbocycles. The summed E-state index contributed by atoms with van der Waals surface area (Å²) in [4.78, 5) is 0. The van der Waals surface area contributed by atoms with E-state index in [2.05, 4.69) is 10.2 Å². The Kier molecular flexibility index (Phi) is 3.83. The van der Waals surface area contributed by atoms with Crippen LogP contribution in [0.15, 0.2) is 58.6 Å². The Morgan fingerprint density at radius 2 is 2.10 bits per heavy atom. The second-order valence-corrected chi connectivity index (χ2v) is 5.14. The number of benzene rings is 1. The molecule has 0 spiro atoms. The van der Waals surface area contributed by atoms with Crippen molar-refractivity contribution in [3.05, 3.63) is 66.1 Å². The number of hydrogen-bond donors (Lipinski definition) is 0. The van der Waals surface area contributed by atoms with Gasteiger partial charge in [-0.2, -0.15) is 0 Å². The average molecular weight is 289 g/mol. The monoisotopic (exact) mass is 289 g/mol. The summed E-state index contributed by atoms with van der Waals surface area (Å²) >= 11 is 1.45. The third-order valence-electron chi connectivity index (χ3n) is 2.80. The van der Waals surface area contributed by atoms with Gasteiger partial charge in [0, 0.05) is 5.75 Å². The van der Waals surface area contributed by atoms with Crippen LogP contribution >= 0.6 is 11.8 Å². The summed E-state index contributed by atoms with van der Waals surface area (Å²) in [6, 6.07) is 10.5. The Balaban J connectivity index is 1.69. The van der Waals surface area contributed by atoms with Gasteiger partial charge in [-0.3, -0.25) is 0 Å². The first-order valence-corrected chi connectivity index (χ1v) is 7.08. The maximum absolute atomic E-state index is 13.6.